The van der Waals surface area contributed by atoms with Gasteiger partial charge in [-0.1, -0.05) is 149 Å². The van der Waals surface area contributed by atoms with E-state index in [0.717, 1.165) is 32.1 Å². The van der Waals surface area contributed by atoms with E-state index in [9.17, 15) is 14.3 Å². The van der Waals surface area contributed by atoms with E-state index in [1.165, 1.54) is 122 Å². The Morgan fingerprint density at radius 2 is 1.14 bits per heavy atom. The summed E-state index contributed by atoms with van der Waals surface area (Å²) in [4.78, 5) is 22.3. The predicted octanol–water partition coefficient (Wildman–Crippen LogP) is 10.3. The number of carbonyl (C=O) groups is 1. The van der Waals surface area contributed by atoms with Crippen molar-refractivity contribution in [1.82, 2.24) is 0 Å². The molecule has 0 aliphatic rings. The normalized spacial score (nSPS) is 13.7. The standard InChI is InChI=1S/C35H70NO7P/c1-3-5-7-9-11-13-15-16-17-19-21-23-25-27-30-40-32-34(33-42-44(38,39)41-31-29-36)43-35(37)28-26-24-22-20-18-14-12-10-8-6-4-2/h27,30,34H,3-26,28-29,31-33,36H2,1-2H3,(H,38,39)/b30-27-/t34-/m1/s1. The SMILES string of the molecule is CCCCCCCCCCCCCC/C=C\OC[C@H](COP(=O)(O)OCCN)OC(=O)CCCCCCCCCCCCC. The van der Waals surface area contributed by atoms with E-state index in [1.54, 1.807) is 6.26 Å². The van der Waals surface area contributed by atoms with Crippen molar-refractivity contribution in [3.8, 4) is 0 Å². The number of rotatable bonds is 35. The third kappa shape index (κ3) is 32.5. The van der Waals surface area contributed by atoms with Crippen LogP contribution in [0.5, 0.6) is 0 Å². The summed E-state index contributed by atoms with van der Waals surface area (Å²) in [5.74, 6) is -0.353. The molecule has 0 aromatic rings. The van der Waals surface area contributed by atoms with Crippen molar-refractivity contribution < 1.29 is 32.8 Å². The van der Waals surface area contributed by atoms with Crippen molar-refractivity contribution in [3.05, 3.63) is 12.3 Å². The number of carbonyl (C=O) groups excluding carboxylic acids is 1. The van der Waals surface area contributed by atoms with E-state index in [1.807, 2.05) is 6.08 Å². The molecule has 0 fully saturated rings. The van der Waals surface area contributed by atoms with Crippen LogP contribution < -0.4 is 5.73 Å². The van der Waals surface area contributed by atoms with Gasteiger partial charge in [0.05, 0.1) is 19.5 Å². The Hall–Kier alpha value is -0.920. The van der Waals surface area contributed by atoms with Crippen molar-refractivity contribution in [2.45, 2.75) is 180 Å². The number of allylic oxidation sites excluding steroid dienone is 1. The number of phosphoric acid groups is 1. The Kier molecular flexibility index (Phi) is 32.7. The first kappa shape index (κ1) is 43.1. The van der Waals surface area contributed by atoms with E-state index in [4.69, 9.17) is 24.3 Å². The van der Waals surface area contributed by atoms with Crippen LogP contribution in [-0.4, -0.2) is 43.3 Å². The molecule has 0 aromatic heterocycles. The summed E-state index contributed by atoms with van der Waals surface area (Å²) >= 11 is 0. The lowest BCUT2D eigenvalue weighted by molar-refractivity contribution is -0.153. The molecule has 2 atom stereocenters. The highest BCUT2D eigenvalue weighted by atomic mass is 31.2. The lowest BCUT2D eigenvalue weighted by atomic mass is 10.0. The molecule has 0 heterocycles. The molecule has 8 nitrogen and oxygen atoms in total. The first-order valence-electron chi connectivity index (χ1n) is 18.2. The Morgan fingerprint density at radius 1 is 0.682 bits per heavy atom. The molecule has 0 saturated heterocycles. The van der Waals surface area contributed by atoms with Gasteiger partial charge in [0, 0.05) is 13.0 Å². The van der Waals surface area contributed by atoms with Gasteiger partial charge in [0.1, 0.15) is 6.61 Å². The van der Waals surface area contributed by atoms with Crippen LogP contribution in [-0.2, 0) is 27.9 Å². The fourth-order valence-electron chi connectivity index (χ4n) is 5.08. The molecule has 0 saturated carbocycles. The Morgan fingerprint density at radius 3 is 1.61 bits per heavy atom. The number of ether oxygens (including phenoxy) is 2. The minimum atomic E-state index is -4.28. The van der Waals surface area contributed by atoms with Crippen LogP contribution in [0.1, 0.15) is 174 Å². The zero-order valence-electron chi connectivity index (χ0n) is 28.7. The molecule has 262 valence electrons. The second-order valence-corrected chi connectivity index (χ2v) is 13.6. The lowest BCUT2D eigenvalue weighted by Crippen LogP contribution is -2.27. The number of unbranched alkanes of at least 4 members (excludes halogenated alkanes) is 22. The van der Waals surface area contributed by atoms with Gasteiger partial charge < -0.3 is 20.1 Å². The minimum absolute atomic E-state index is 0.0375. The number of phosphoric ester groups is 1. The van der Waals surface area contributed by atoms with Gasteiger partial charge in [-0.25, -0.2) is 4.57 Å². The van der Waals surface area contributed by atoms with Gasteiger partial charge in [-0.15, -0.1) is 0 Å². The number of hydrogen-bond acceptors (Lipinski definition) is 7. The molecule has 0 aliphatic heterocycles. The molecule has 0 rings (SSSR count). The van der Waals surface area contributed by atoms with Crippen LogP contribution >= 0.6 is 7.82 Å². The Balaban J connectivity index is 4.14. The maximum atomic E-state index is 12.5. The quantitative estimate of drug-likeness (QED) is 0.0302. The number of esters is 1. The average molecular weight is 648 g/mol. The topological polar surface area (TPSA) is 117 Å². The highest BCUT2D eigenvalue weighted by molar-refractivity contribution is 7.47. The van der Waals surface area contributed by atoms with Crippen LogP contribution in [0.15, 0.2) is 12.3 Å². The van der Waals surface area contributed by atoms with Crippen LogP contribution in [0.3, 0.4) is 0 Å². The van der Waals surface area contributed by atoms with Crippen molar-refractivity contribution in [2.24, 2.45) is 5.73 Å². The lowest BCUT2D eigenvalue weighted by Gasteiger charge is -2.19. The summed E-state index contributed by atoms with van der Waals surface area (Å²) in [7, 11) is -4.28. The van der Waals surface area contributed by atoms with E-state index in [-0.39, 0.29) is 32.3 Å². The third-order valence-electron chi connectivity index (χ3n) is 7.78. The van der Waals surface area contributed by atoms with E-state index in [2.05, 4.69) is 13.8 Å². The third-order valence-corrected chi connectivity index (χ3v) is 8.76. The summed E-state index contributed by atoms with van der Waals surface area (Å²) in [5, 5.41) is 0. The summed E-state index contributed by atoms with van der Waals surface area (Å²) < 4.78 is 33.0. The molecule has 0 bridgehead atoms. The summed E-state index contributed by atoms with van der Waals surface area (Å²) in [6.07, 6.45) is 33.1. The monoisotopic (exact) mass is 647 g/mol. The second kappa shape index (κ2) is 33.4. The van der Waals surface area contributed by atoms with Gasteiger partial charge >= 0.3 is 13.8 Å². The molecule has 1 unspecified atom stereocenters. The molecule has 0 spiro atoms. The van der Waals surface area contributed by atoms with Crippen molar-refractivity contribution in [3.63, 3.8) is 0 Å². The van der Waals surface area contributed by atoms with Gasteiger partial charge in [0.15, 0.2) is 6.10 Å². The van der Waals surface area contributed by atoms with Gasteiger partial charge in [0.2, 0.25) is 0 Å². The zero-order chi connectivity index (χ0) is 32.4. The van der Waals surface area contributed by atoms with Crippen molar-refractivity contribution >= 4 is 13.8 Å². The highest BCUT2D eigenvalue weighted by Crippen LogP contribution is 2.43. The molecular weight excluding hydrogens is 577 g/mol. The van der Waals surface area contributed by atoms with E-state index >= 15 is 0 Å². The largest absolute Gasteiger partial charge is 0.498 e. The minimum Gasteiger partial charge on any atom is -0.498 e. The van der Waals surface area contributed by atoms with E-state index in [0.29, 0.717) is 6.42 Å². The van der Waals surface area contributed by atoms with E-state index < -0.39 is 13.9 Å². The molecule has 3 N–H and O–H groups in total. The number of nitrogens with two attached hydrogens (primary N) is 1. The maximum Gasteiger partial charge on any atom is 0.472 e. The molecule has 0 aliphatic carbocycles. The smallest absolute Gasteiger partial charge is 0.472 e. The first-order chi connectivity index (χ1) is 21.4. The molecular formula is C35H70NO7P. The molecule has 0 aromatic carbocycles. The average Bonchev–Trinajstić information content (AvgIpc) is 3.01. The number of hydrogen-bond donors (Lipinski definition) is 2. The van der Waals surface area contributed by atoms with Crippen LogP contribution in [0.25, 0.3) is 0 Å². The van der Waals surface area contributed by atoms with Gasteiger partial charge in [-0.05, 0) is 25.3 Å². The van der Waals surface area contributed by atoms with Crippen LogP contribution in [0, 0.1) is 0 Å². The Bertz CT molecular complexity index is 692. The first-order valence-corrected chi connectivity index (χ1v) is 19.7. The van der Waals surface area contributed by atoms with Crippen molar-refractivity contribution in [2.75, 3.05) is 26.4 Å². The maximum absolute atomic E-state index is 12.5. The summed E-state index contributed by atoms with van der Waals surface area (Å²) in [6.45, 7) is 4.24. The highest BCUT2D eigenvalue weighted by Gasteiger charge is 2.25. The molecule has 9 heteroatoms. The zero-order valence-corrected chi connectivity index (χ0v) is 29.6. The molecule has 44 heavy (non-hydrogen) atoms. The van der Waals surface area contributed by atoms with Crippen LogP contribution in [0.2, 0.25) is 0 Å². The molecule has 0 amide bonds. The second-order valence-electron chi connectivity index (χ2n) is 12.2. The van der Waals surface area contributed by atoms with Gasteiger partial charge in [-0.3, -0.25) is 13.8 Å². The summed E-state index contributed by atoms with van der Waals surface area (Å²) in [5.41, 5.74) is 5.34. The molecule has 0 radical (unpaired) electrons. The van der Waals surface area contributed by atoms with Gasteiger partial charge in [-0.2, -0.15) is 0 Å². The predicted molar refractivity (Wildman–Crippen MR) is 183 cm³/mol. The Labute approximate surface area is 271 Å². The van der Waals surface area contributed by atoms with Gasteiger partial charge in [0.25, 0.3) is 0 Å². The van der Waals surface area contributed by atoms with Crippen molar-refractivity contribution in [1.29, 1.82) is 0 Å². The fourth-order valence-corrected chi connectivity index (χ4v) is 5.84. The van der Waals surface area contributed by atoms with Crippen LogP contribution in [0.4, 0.5) is 0 Å². The summed E-state index contributed by atoms with van der Waals surface area (Å²) in [6, 6.07) is 0. The fraction of sp³-hybridized carbons (Fsp3) is 0.914.